The average molecular weight is 2200 g/mol. The van der Waals surface area contributed by atoms with Gasteiger partial charge in [0.1, 0.15) is 26.0 Å². The second kappa shape index (κ2) is 43.9. The molecule has 19 nitrogen and oxygen atoms in total. The van der Waals surface area contributed by atoms with Crippen LogP contribution in [0.3, 0.4) is 0 Å². The number of likely N-dealkylation sites (tertiary alicyclic amines) is 2. The van der Waals surface area contributed by atoms with Crippen LogP contribution in [0.1, 0.15) is 271 Å². The van der Waals surface area contributed by atoms with Crippen LogP contribution in [-0.4, -0.2) is 138 Å². The molecule has 0 spiro atoms. The number of amides is 2. The van der Waals surface area contributed by atoms with Crippen LogP contribution < -0.4 is 21.3 Å². The van der Waals surface area contributed by atoms with E-state index in [0.717, 1.165) is 192 Å². The molecule has 0 aromatic heterocycles. The van der Waals surface area contributed by atoms with Crippen molar-refractivity contribution in [3.8, 4) is 34.5 Å². The van der Waals surface area contributed by atoms with Gasteiger partial charge in [0.2, 0.25) is 0 Å². The number of ether oxygens (including phenoxy) is 2. The lowest BCUT2D eigenvalue weighted by atomic mass is 9.52. The van der Waals surface area contributed by atoms with Gasteiger partial charge in [0, 0.05) is 112 Å². The Kier molecular flexibility index (Phi) is 32.0. The van der Waals surface area contributed by atoms with Crippen molar-refractivity contribution in [2.75, 3.05) is 39.3 Å². The van der Waals surface area contributed by atoms with Crippen molar-refractivity contribution in [1.82, 2.24) is 31.1 Å². The molecule has 0 unspecified atom stereocenters. The highest BCUT2D eigenvalue weighted by atomic mass is 79.9. The number of benzene rings is 8. The molecule has 18 aliphatic rings. The Morgan fingerprint density at radius 3 is 1.15 bits per heavy atom. The van der Waals surface area contributed by atoms with Gasteiger partial charge in [-0.15, -0.1) is 17.0 Å². The molecule has 8 aromatic rings. The first-order chi connectivity index (χ1) is 68.9. The predicted molar refractivity (Wildman–Crippen MR) is 557 cm³/mol. The second-order valence-electron chi connectivity index (χ2n) is 43.8. The van der Waals surface area contributed by atoms with Gasteiger partial charge in [0.05, 0.1) is 9.50 Å². The zero-order valence-corrected chi connectivity index (χ0v) is 88.2. The van der Waals surface area contributed by atoms with Crippen molar-refractivity contribution < 1.29 is 80.2 Å². The number of nitrogens with zero attached hydrogens (tertiary/aromatic N) is 3. The Morgan fingerprint density at radius 1 is 0.420 bits per heavy atom. The van der Waals surface area contributed by atoms with Gasteiger partial charge in [-0.2, -0.15) is 8.42 Å². The average Bonchev–Trinajstić information content (AvgIpc) is 0.689. The summed E-state index contributed by atoms with van der Waals surface area (Å²) in [6.07, 6.45) is 40.6. The number of halogens is 10. The SMILES string of the molecule is Br.O=C(OCc1ccccc1)N1CC[C@@]23CCCC[C@@H]2[C@@H]1Cc1cc(F)c(O)cc13.O=C(OCc1ccccc1)N1CC[C@@]23CCCC[C@@H]2[C@@H]1Cc1ccc(O)cc13.O=S(=O)(Cl)Cl.Oc1c(F)cc2c(c1Br)[C@]13CCCC[C@@H]1[C@H](C2)NCC3.Oc1c(F)cc2c(c1Cl)[C@]13CCCC[C@@H]1[C@H](C2)NCC3.Oc1cc2c(cc1F)C[C@@H]1NCC[C@]23CCCC[C@H]13.Oc1ccc2c(c1)[C@]13CCCC[C@@H]1[C@H](C2)NCC3.[3H]P=NF. The van der Waals surface area contributed by atoms with Gasteiger partial charge in [-0.05, 0) is 370 Å². The van der Waals surface area contributed by atoms with E-state index in [1.807, 2.05) is 87.6 Å². The highest BCUT2D eigenvalue weighted by Crippen LogP contribution is 2.64. The standard InChI is InChI=1S/C24H26FNO3.C24H27NO3.C16H19BrFNO.C16H19ClFNO.C16H20FNO.C16H21NO.BrH.Cl2O2S.FHNP/c25-20-12-17-13-21-18-8-4-5-9-24(18,19(17)14-22(20)27)10-11-26(21)23(28)29-15-16-6-2-1-3-7-16;26-19-10-9-18-14-22-20-8-4-5-11-24(20,21(18)15-19)12-13-25(22)23(27)28-16-17-6-2-1-3-7-17;2*17-14-13-9(7-11(18)15(14)20)8-12-10-3-1-2-4-16(10,13)5-6-19-12;17-13-7-10-8-14-11-3-1-2-4-16(11,5-6-18-14)12(10)9-15(13)19;18-12-5-4-11-9-15-13-3-1-2-6-16(13,7-8-17-15)14(11)10-12;;1-5(2,3)4;1-2-3/h1-3,6-7,12,14,18,21,27H,4-5,8-11,13,15H2;1-3,6-7,9-10,15,20,22,26H,4-5,8,11-14,16H2;2*7,10,12,19-20H,1-6,8H2;7,9,11,14,18-19H,1-6,8H2;4-5,10,13,15,17-18H,1-3,6-9H2;1H;;3H/t18-,21+,24+;20-,22+,24+;2*10-,12+,16+;11-,14+,16+;13-,15+,16+;;;/m111111.../s1/i;;;;;;;;3T. The fourth-order valence-electron chi connectivity index (χ4n) is 32.0. The minimum absolute atomic E-state index is 0. The zero-order valence-electron chi connectivity index (χ0n) is 81.9. The van der Waals surface area contributed by atoms with Gasteiger partial charge >= 0.3 is 20.5 Å². The third-order valence-electron chi connectivity index (χ3n) is 37.5. The van der Waals surface area contributed by atoms with E-state index in [9.17, 15) is 62.3 Å². The van der Waals surface area contributed by atoms with E-state index >= 15 is 0 Å². The zero-order chi connectivity index (χ0) is 100. The molecule has 6 saturated heterocycles. The molecule has 12 fully saturated rings. The van der Waals surface area contributed by atoms with Crippen LogP contribution in [0.5, 0.6) is 34.5 Å². The number of phenols is 6. The Morgan fingerprint density at radius 2 is 0.734 bits per heavy atom. The molecular formula is C112H134Br2Cl3F5N7O12PS. The van der Waals surface area contributed by atoms with Crippen molar-refractivity contribution in [2.45, 2.75) is 313 Å². The number of fused-ring (bicyclic) bond motifs is 6. The monoisotopic (exact) mass is 2190 g/mol. The molecule has 6 saturated carbocycles. The van der Waals surface area contributed by atoms with E-state index in [1.54, 1.807) is 30.3 Å². The third kappa shape index (κ3) is 20.4. The molecule has 2 amide bonds. The van der Waals surface area contributed by atoms with Crippen molar-refractivity contribution >= 4 is 95.3 Å². The summed E-state index contributed by atoms with van der Waals surface area (Å²) < 4.78 is 102. The summed E-state index contributed by atoms with van der Waals surface area (Å²) in [7, 11) is 4.52. The quantitative estimate of drug-likeness (QED) is 0.0446. The topological polar surface area (TPSA) is 275 Å². The van der Waals surface area contributed by atoms with Gasteiger partial charge in [-0.3, -0.25) is 0 Å². The van der Waals surface area contributed by atoms with Gasteiger partial charge < -0.3 is 71.2 Å². The Balaban J connectivity index is 0.000000112. The Bertz CT molecular complexity index is 6040. The highest BCUT2D eigenvalue weighted by Gasteiger charge is 2.61. The molecule has 8 aromatic carbocycles. The number of rotatable bonds is 4. The normalized spacial score (nSPS) is 31.3. The van der Waals surface area contributed by atoms with Crippen LogP contribution in [0.25, 0.3) is 0 Å². The predicted octanol–water partition coefficient (Wildman–Crippen LogP) is 25.0. The number of hydrogen-bond donors (Lipinski definition) is 10. The highest BCUT2D eigenvalue weighted by molar-refractivity contribution is 9.10. The first-order valence-electron chi connectivity index (χ1n) is 52.5. The maximum atomic E-state index is 14.1. The third-order valence-corrected chi connectivity index (χ3v) is 38.6. The number of carbonyl (C=O) groups excluding carboxylic acids is 2. The molecule has 31 heteroatoms. The second-order valence-corrected chi connectivity index (χ2v) is 48.8. The lowest BCUT2D eigenvalue weighted by molar-refractivity contribution is -0.0141. The molecule has 143 heavy (non-hydrogen) atoms. The van der Waals surface area contributed by atoms with E-state index in [1.165, 1.54) is 161 Å². The van der Waals surface area contributed by atoms with Crippen LogP contribution in [-0.2, 0) is 102 Å². The van der Waals surface area contributed by atoms with Crippen molar-refractivity contribution in [3.63, 3.8) is 0 Å². The first-order valence-corrected chi connectivity index (χ1v) is 56.7. The number of phenolic OH excluding ortho intramolecular Hbond substituents is 6. The molecular weight excluding hydrogens is 2060 g/mol. The van der Waals surface area contributed by atoms with E-state index < -0.39 is 31.5 Å². The van der Waals surface area contributed by atoms with Crippen molar-refractivity contribution in [1.29, 1.82) is 1.28 Å². The van der Waals surface area contributed by atoms with E-state index in [2.05, 4.69) is 76.8 Å². The van der Waals surface area contributed by atoms with Crippen LogP contribution in [0.2, 0.25) is 5.02 Å². The number of nitrogens with one attached hydrogen (secondary N) is 4. The first kappa shape index (κ1) is 104. The summed E-state index contributed by atoms with van der Waals surface area (Å²) in [6.45, 7) is 6.20. The van der Waals surface area contributed by atoms with Crippen LogP contribution in [0.4, 0.5) is 31.6 Å². The maximum Gasteiger partial charge on any atom is 0.410 e. The molecule has 6 heterocycles. The minimum atomic E-state index is -3.72. The summed E-state index contributed by atoms with van der Waals surface area (Å²) >= 11 is 9.85. The summed E-state index contributed by atoms with van der Waals surface area (Å²) in [6, 6.07) is 43.3. The number of carbonyl (C=O) groups is 2. The number of aromatic hydroxyl groups is 6. The minimum Gasteiger partial charge on any atom is -0.508 e. The molecule has 0 radical (unpaired) electrons. The summed E-state index contributed by atoms with van der Waals surface area (Å²) in [5.74, 6) is 1.18. The summed E-state index contributed by atoms with van der Waals surface area (Å²) in [4.78, 5) is 31.7. The molecule has 12 aliphatic carbocycles. The molecule has 770 valence electrons. The van der Waals surface area contributed by atoms with Gasteiger partial charge in [0.25, 0.3) is 0 Å². The fraction of sp³-hybridized carbons (Fsp3) is 0.554. The Hall–Kier alpha value is -7.53. The van der Waals surface area contributed by atoms with Crippen LogP contribution >= 0.6 is 74.9 Å². The largest absolute Gasteiger partial charge is 0.508 e. The summed E-state index contributed by atoms with van der Waals surface area (Å²) in [5.41, 5.74) is 17.2. The summed E-state index contributed by atoms with van der Waals surface area (Å²) in [5, 5.41) is 74.6. The molecule has 26 rings (SSSR count). The lowest BCUT2D eigenvalue weighted by Gasteiger charge is -2.58. The van der Waals surface area contributed by atoms with E-state index in [0.29, 0.717) is 94.7 Å². The number of hydrogen-bond acceptors (Lipinski definition) is 17. The molecule has 18 atom stereocenters. The van der Waals surface area contributed by atoms with Gasteiger partial charge in [-0.25, -0.2) is 27.2 Å². The van der Waals surface area contributed by atoms with E-state index in [-0.39, 0.29) is 112 Å². The smallest absolute Gasteiger partial charge is 0.410 e. The van der Waals surface area contributed by atoms with Crippen molar-refractivity contribution in [2.24, 2.45) is 40.5 Å². The number of piperidine rings is 6. The van der Waals surface area contributed by atoms with E-state index in [4.69, 9.17) is 30.8 Å². The fourth-order valence-corrected chi connectivity index (χ4v) is 33.2. The molecule has 6 aliphatic heterocycles. The van der Waals surface area contributed by atoms with Crippen LogP contribution in [0.15, 0.2) is 143 Å². The maximum absolute atomic E-state index is 14.1. The lowest BCUT2D eigenvalue weighted by Crippen LogP contribution is -2.62. The molecule has 12 bridgehead atoms. The molecule has 10 N–H and O–H groups in total. The van der Waals surface area contributed by atoms with Crippen LogP contribution in [0, 0.1) is 58.8 Å². The van der Waals surface area contributed by atoms with Crippen molar-refractivity contribution in [3.05, 3.63) is 244 Å². The van der Waals surface area contributed by atoms with Gasteiger partial charge in [0.15, 0.2) is 46.3 Å². The Labute approximate surface area is 872 Å². The van der Waals surface area contributed by atoms with Gasteiger partial charge in [-0.1, -0.05) is 171 Å².